The molecule has 3 rings (SSSR count). The predicted molar refractivity (Wildman–Crippen MR) is 153 cm³/mol. The number of alkyl halides is 9. The van der Waals surface area contributed by atoms with E-state index in [1.165, 1.54) is 26.8 Å². The van der Waals surface area contributed by atoms with Crippen LogP contribution in [-0.2, 0) is 18.5 Å². The van der Waals surface area contributed by atoms with Gasteiger partial charge in [0.1, 0.15) is 17.5 Å². The highest BCUT2D eigenvalue weighted by molar-refractivity contribution is 5.37. The van der Waals surface area contributed by atoms with Crippen molar-refractivity contribution in [3.05, 3.63) is 104 Å². The molecule has 0 bridgehead atoms. The Hall–Kier alpha value is -3.18. The smallest absolute Gasteiger partial charge is 0.207 e. The average Bonchev–Trinajstić information content (AvgIpc) is 2.83. The molecule has 0 saturated heterocycles. The van der Waals surface area contributed by atoms with E-state index in [4.69, 9.17) is 0 Å². The molecule has 0 aliphatic heterocycles. The summed E-state index contributed by atoms with van der Waals surface area (Å²) in [7, 11) is 0. The lowest BCUT2D eigenvalue weighted by Gasteiger charge is -2.16. The third-order valence-electron chi connectivity index (χ3n) is 6.37. The first-order valence-electron chi connectivity index (χ1n) is 13.4. The van der Waals surface area contributed by atoms with Crippen molar-refractivity contribution in [2.24, 2.45) is 0 Å². The molecule has 0 radical (unpaired) electrons. The number of aryl methyl sites for hydroxylation is 2. The van der Waals surface area contributed by atoms with Gasteiger partial charge < -0.3 is 0 Å². The van der Waals surface area contributed by atoms with Crippen molar-refractivity contribution in [1.82, 2.24) is 0 Å². The van der Waals surface area contributed by atoms with E-state index < -0.39 is 64.2 Å². The summed E-state index contributed by atoms with van der Waals surface area (Å²) >= 11 is 0. The van der Waals surface area contributed by atoms with Crippen molar-refractivity contribution in [2.45, 2.75) is 99.1 Å². The van der Waals surface area contributed by atoms with Gasteiger partial charge in [0.05, 0.1) is 16.7 Å². The normalized spacial score (nSPS) is 12.0. The second-order valence-electron chi connectivity index (χ2n) is 11.1. The Bertz CT molecular complexity index is 1390. The number of benzene rings is 3. The molecule has 0 aliphatic rings. The third-order valence-corrected chi connectivity index (χ3v) is 6.37. The second kappa shape index (κ2) is 15.9. The fourth-order valence-electron chi connectivity index (χ4n) is 4.25. The van der Waals surface area contributed by atoms with Gasteiger partial charge in [-0.1, -0.05) is 66.7 Å². The van der Waals surface area contributed by atoms with E-state index in [0.717, 1.165) is 12.1 Å². The van der Waals surface area contributed by atoms with Crippen LogP contribution in [0.2, 0.25) is 0 Å². The van der Waals surface area contributed by atoms with Crippen molar-refractivity contribution in [1.29, 1.82) is 0 Å². The zero-order chi connectivity index (χ0) is 34.5. The maximum Gasteiger partial charge on any atom is 0.416 e. The van der Waals surface area contributed by atoms with Crippen LogP contribution in [0.5, 0.6) is 0 Å². The van der Waals surface area contributed by atoms with Gasteiger partial charge in [-0.2, -0.15) is 39.5 Å². The van der Waals surface area contributed by atoms with Gasteiger partial charge >= 0.3 is 18.5 Å². The maximum absolute atomic E-state index is 13.2. The molecular formula is C33H38F12. The SMILES string of the molecule is C.CC(C)c1c(F)cc(F)cc1C(F)(F)F.Cc1cc(C(F)(F)F)c(C(C)C)cc1F.Cc1ccc(C(C)C)c(C(F)(F)F)c1. The molecule has 3 aromatic carbocycles. The van der Waals surface area contributed by atoms with E-state index in [-0.39, 0.29) is 30.4 Å². The largest absolute Gasteiger partial charge is 0.416 e. The van der Waals surface area contributed by atoms with E-state index in [1.54, 1.807) is 46.8 Å². The first-order chi connectivity index (χ1) is 19.8. The van der Waals surface area contributed by atoms with Crippen molar-refractivity contribution < 1.29 is 52.7 Å². The topological polar surface area (TPSA) is 0 Å². The van der Waals surface area contributed by atoms with Crippen molar-refractivity contribution in [2.75, 3.05) is 0 Å². The Morgan fingerprint density at radius 1 is 0.489 bits per heavy atom. The van der Waals surface area contributed by atoms with Crippen LogP contribution >= 0.6 is 0 Å². The molecule has 0 atom stereocenters. The molecule has 0 unspecified atom stereocenters. The molecule has 12 heteroatoms. The Kier molecular flexibility index (Phi) is 14.8. The minimum absolute atomic E-state index is 0. The summed E-state index contributed by atoms with van der Waals surface area (Å²) < 4.78 is 152. The van der Waals surface area contributed by atoms with Crippen molar-refractivity contribution >= 4 is 0 Å². The van der Waals surface area contributed by atoms with Crippen LogP contribution in [0.1, 0.15) is 111 Å². The summed E-state index contributed by atoms with van der Waals surface area (Å²) in [5.74, 6) is -4.07. The van der Waals surface area contributed by atoms with Crippen LogP contribution in [0.15, 0.2) is 42.5 Å². The summed E-state index contributed by atoms with van der Waals surface area (Å²) in [5, 5.41) is 0. The van der Waals surface area contributed by atoms with E-state index in [9.17, 15) is 52.7 Å². The molecule has 254 valence electrons. The summed E-state index contributed by atoms with van der Waals surface area (Å²) in [4.78, 5) is 0. The number of hydrogen-bond donors (Lipinski definition) is 0. The number of hydrogen-bond acceptors (Lipinski definition) is 0. The Labute approximate surface area is 256 Å². The Morgan fingerprint density at radius 2 is 0.933 bits per heavy atom. The molecule has 0 spiro atoms. The summed E-state index contributed by atoms with van der Waals surface area (Å²) in [5.41, 5.74) is -1.95. The molecular weight excluding hydrogens is 624 g/mol. The molecule has 0 nitrogen and oxygen atoms in total. The van der Waals surface area contributed by atoms with Gasteiger partial charge in [0.2, 0.25) is 0 Å². The predicted octanol–water partition coefficient (Wildman–Crippen LogP) is 13.2. The van der Waals surface area contributed by atoms with Crippen LogP contribution < -0.4 is 0 Å². The van der Waals surface area contributed by atoms with Gasteiger partial charge in [-0.3, -0.25) is 0 Å². The van der Waals surface area contributed by atoms with Crippen LogP contribution in [0.3, 0.4) is 0 Å². The zero-order valence-electron chi connectivity index (χ0n) is 25.3. The minimum Gasteiger partial charge on any atom is -0.207 e. The first kappa shape index (κ1) is 41.8. The quantitative estimate of drug-likeness (QED) is 0.245. The molecule has 0 saturated carbocycles. The molecule has 0 heterocycles. The molecule has 0 N–H and O–H groups in total. The van der Waals surface area contributed by atoms with Crippen LogP contribution in [-0.4, -0.2) is 0 Å². The van der Waals surface area contributed by atoms with Gasteiger partial charge in [-0.05, 0) is 72.6 Å². The minimum atomic E-state index is -4.73. The molecule has 45 heavy (non-hydrogen) atoms. The van der Waals surface area contributed by atoms with Crippen LogP contribution in [0.25, 0.3) is 0 Å². The highest BCUT2D eigenvalue weighted by atomic mass is 19.4. The highest BCUT2D eigenvalue weighted by Gasteiger charge is 2.37. The fourth-order valence-corrected chi connectivity index (χ4v) is 4.25. The molecule has 0 fully saturated rings. The summed E-state index contributed by atoms with van der Waals surface area (Å²) in [6.45, 7) is 12.6. The Balaban J connectivity index is 0.000000639. The average molecular weight is 663 g/mol. The molecule has 0 aromatic heterocycles. The number of rotatable bonds is 3. The van der Waals surface area contributed by atoms with E-state index in [2.05, 4.69) is 0 Å². The maximum atomic E-state index is 13.2. The van der Waals surface area contributed by atoms with Gasteiger partial charge in [-0.25, -0.2) is 13.2 Å². The first-order valence-corrected chi connectivity index (χ1v) is 13.4. The standard InChI is InChI=1S/C11H12F4.C11H13F3.C10H9F5.CH4/c1-6(2)8-5-10(12)7(3)4-9(8)11(13,14)15;1-7(2)9-5-4-8(3)6-10(9)11(12,13)14;1-5(2)9-7(10(13,14)15)3-6(11)4-8(9)12;/h4-6H,1-3H3;4-7H,1-3H3;3-5H,1-2H3;1H4. The second-order valence-corrected chi connectivity index (χ2v) is 11.1. The van der Waals surface area contributed by atoms with Crippen molar-refractivity contribution in [3.63, 3.8) is 0 Å². The van der Waals surface area contributed by atoms with Crippen LogP contribution in [0.4, 0.5) is 52.7 Å². The van der Waals surface area contributed by atoms with Gasteiger partial charge in [0, 0.05) is 11.6 Å². The third kappa shape index (κ3) is 11.9. The summed E-state index contributed by atoms with van der Waals surface area (Å²) in [6, 6.07) is 7.10. The highest BCUT2D eigenvalue weighted by Crippen LogP contribution is 2.38. The lowest BCUT2D eigenvalue weighted by molar-refractivity contribution is -0.139. The molecule has 0 aliphatic carbocycles. The van der Waals surface area contributed by atoms with Crippen LogP contribution in [0, 0.1) is 31.3 Å². The van der Waals surface area contributed by atoms with E-state index in [0.29, 0.717) is 23.3 Å². The van der Waals surface area contributed by atoms with E-state index >= 15 is 0 Å². The summed E-state index contributed by atoms with van der Waals surface area (Å²) in [6.07, 6.45) is -13.4. The van der Waals surface area contributed by atoms with Crippen molar-refractivity contribution in [3.8, 4) is 0 Å². The fraction of sp³-hybridized carbons (Fsp3) is 0.455. The lowest BCUT2D eigenvalue weighted by Crippen LogP contribution is -2.12. The van der Waals surface area contributed by atoms with E-state index in [1.807, 2.05) is 0 Å². The van der Waals surface area contributed by atoms with Gasteiger partial charge in [0.25, 0.3) is 0 Å². The van der Waals surface area contributed by atoms with Gasteiger partial charge in [0.15, 0.2) is 0 Å². The monoisotopic (exact) mass is 662 g/mol. The Morgan fingerprint density at radius 3 is 1.33 bits per heavy atom. The molecule has 3 aromatic rings. The van der Waals surface area contributed by atoms with Gasteiger partial charge in [-0.15, -0.1) is 0 Å². The number of halogens is 12. The zero-order valence-corrected chi connectivity index (χ0v) is 25.3. The molecule has 0 amide bonds. The lowest BCUT2D eigenvalue weighted by atomic mass is 9.95.